The normalized spacial score (nSPS) is 29.5. The number of rotatable bonds is 4. The van der Waals surface area contributed by atoms with Crippen molar-refractivity contribution in [2.75, 3.05) is 26.2 Å². The van der Waals surface area contributed by atoms with Crippen LogP contribution in [-0.2, 0) is 9.53 Å². The molecule has 4 nitrogen and oxygen atoms in total. The van der Waals surface area contributed by atoms with Gasteiger partial charge in [-0.15, -0.1) is 0 Å². The Labute approximate surface area is 105 Å². The number of halogens is 2. The third kappa shape index (κ3) is 3.17. The Morgan fingerprint density at radius 3 is 2.56 bits per heavy atom. The lowest BCUT2D eigenvalue weighted by molar-refractivity contribution is -0.159. The molecule has 2 rings (SSSR count). The molecule has 1 unspecified atom stereocenters. The van der Waals surface area contributed by atoms with E-state index in [1.807, 2.05) is 0 Å². The zero-order chi connectivity index (χ0) is 13.2. The second kappa shape index (κ2) is 5.48. The maximum absolute atomic E-state index is 13.0. The fourth-order valence-corrected chi connectivity index (χ4v) is 2.73. The Balaban J connectivity index is 1.74. The van der Waals surface area contributed by atoms with E-state index in [1.165, 1.54) is 0 Å². The second-order valence-electron chi connectivity index (χ2n) is 5.26. The van der Waals surface area contributed by atoms with Gasteiger partial charge in [0.1, 0.15) is 6.10 Å². The number of likely N-dealkylation sites (tertiary alicyclic amines) is 1. The lowest BCUT2D eigenvalue weighted by atomic mass is 9.93. The highest BCUT2D eigenvalue weighted by atomic mass is 19.3. The number of alkyl halides is 2. The van der Waals surface area contributed by atoms with Crippen molar-refractivity contribution in [2.45, 2.75) is 37.7 Å². The molecule has 0 saturated carbocycles. The average Bonchev–Trinajstić information content (AvgIpc) is 2.55. The first-order chi connectivity index (χ1) is 8.51. The first-order valence-electron chi connectivity index (χ1n) is 6.52. The number of ether oxygens (including phenoxy) is 1. The number of cyclic esters (lactones) is 1. The van der Waals surface area contributed by atoms with Crippen molar-refractivity contribution in [2.24, 2.45) is 11.7 Å². The predicted molar refractivity (Wildman–Crippen MR) is 62.3 cm³/mol. The van der Waals surface area contributed by atoms with Crippen LogP contribution in [0, 0.1) is 5.92 Å². The summed E-state index contributed by atoms with van der Waals surface area (Å²) in [4.78, 5) is 13.0. The molecule has 0 radical (unpaired) electrons. The number of hydrogen-bond donors (Lipinski definition) is 1. The fourth-order valence-electron chi connectivity index (χ4n) is 2.73. The van der Waals surface area contributed by atoms with Crippen LogP contribution >= 0.6 is 0 Å². The summed E-state index contributed by atoms with van der Waals surface area (Å²) < 4.78 is 30.7. The first kappa shape index (κ1) is 13.7. The summed E-state index contributed by atoms with van der Waals surface area (Å²) in [5.41, 5.74) is 5.52. The highest BCUT2D eigenvalue weighted by Gasteiger charge is 2.51. The molecular weight excluding hydrogens is 242 g/mol. The van der Waals surface area contributed by atoms with Crippen molar-refractivity contribution in [3.05, 3.63) is 0 Å². The Kier molecular flexibility index (Phi) is 4.17. The molecule has 104 valence electrons. The van der Waals surface area contributed by atoms with E-state index in [1.54, 1.807) is 0 Å². The lowest BCUT2D eigenvalue weighted by Crippen LogP contribution is -2.39. The van der Waals surface area contributed by atoms with E-state index in [0.29, 0.717) is 19.0 Å². The van der Waals surface area contributed by atoms with Crippen LogP contribution in [-0.4, -0.2) is 49.1 Å². The van der Waals surface area contributed by atoms with Crippen LogP contribution in [0.1, 0.15) is 25.7 Å². The monoisotopic (exact) mass is 262 g/mol. The minimum Gasteiger partial charge on any atom is -0.456 e. The van der Waals surface area contributed by atoms with Crippen LogP contribution < -0.4 is 5.73 Å². The van der Waals surface area contributed by atoms with Gasteiger partial charge in [-0.25, -0.2) is 4.79 Å². The van der Waals surface area contributed by atoms with E-state index in [0.717, 1.165) is 32.4 Å². The smallest absolute Gasteiger partial charge is 0.377 e. The summed E-state index contributed by atoms with van der Waals surface area (Å²) in [5.74, 6) is -4.01. The molecule has 2 aliphatic heterocycles. The molecule has 6 heteroatoms. The van der Waals surface area contributed by atoms with Crippen molar-refractivity contribution >= 4 is 5.97 Å². The molecule has 2 saturated heterocycles. The maximum Gasteiger partial charge on any atom is 0.377 e. The van der Waals surface area contributed by atoms with E-state index in [-0.39, 0.29) is 0 Å². The summed E-state index contributed by atoms with van der Waals surface area (Å²) in [5, 5.41) is 0. The zero-order valence-electron chi connectivity index (χ0n) is 10.4. The van der Waals surface area contributed by atoms with Gasteiger partial charge in [-0.1, -0.05) is 0 Å². The minimum atomic E-state index is -3.29. The second-order valence-corrected chi connectivity index (χ2v) is 5.26. The average molecular weight is 262 g/mol. The predicted octanol–water partition coefficient (Wildman–Crippen LogP) is 0.998. The van der Waals surface area contributed by atoms with Crippen molar-refractivity contribution in [3.63, 3.8) is 0 Å². The minimum absolute atomic E-state index is 0.427. The number of nitrogens with two attached hydrogens (primary N) is 1. The molecule has 2 aliphatic rings. The number of carbonyl (C=O) groups is 1. The summed E-state index contributed by atoms with van der Waals surface area (Å²) in [6.45, 7) is 2.89. The highest BCUT2D eigenvalue weighted by Crippen LogP contribution is 2.31. The topological polar surface area (TPSA) is 55.6 Å². The molecule has 0 aromatic carbocycles. The number of piperidine rings is 1. The molecule has 2 fully saturated rings. The van der Waals surface area contributed by atoms with Gasteiger partial charge in [-0.2, -0.15) is 8.78 Å². The van der Waals surface area contributed by atoms with Gasteiger partial charge in [0, 0.05) is 6.54 Å². The van der Waals surface area contributed by atoms with E-state index >= 15 is 0 Å². The van der Waals surface area contributed by atoms with Crippen molar-refractivity contribution in [3.8, 4) is 0 Å². The molecule has 0 aromatic heterocycles. The standard InChI is InChI=1S/C12H20F2N2O2/c13-12(14)7-10(18-11(12)17)8-16-5-2-9(1-4-15)3-6-16/h9-10H,1-8,15H2. The van der Waals surface area contributed by atoms with Gasteiger partial charge in [0.15, 0.2) is 0 Å². The Morgan fingerprint density at radius 1 is 1.39 bits per heavy atom. The largest absolute Gasteiger partial charge is 0.456 e. The van der Waals surface area contributed by atoms with Crippen molar-refractivity contribution in [1.82, 2.24) is 4.90 Å². The molecule has 1 atom stereocenters. The summed E-state index contributed by atoms with van der Waals surface area (Å²) >= 11 is 0. The molecule has 2 heterocycles. The van der Waals surface area contributed by atoms with E-state index in [4.69, 9.17) is 10.5 Å². The third-order valence-electron chi connectivity index (χ3n) is 3.80. The number of nitrogens with zero attached hydrogens (tertiary/aromatic N) is 1. The fraction of sp³-hybridized carbons (Fsp3) is 0.917. The molecule has 0 spiro atoms. The molecule has 0 amide bonds. The van der Waals surface area contributed by atoms with Crippen LogP contribution in [0.25, 0.3) is 0 Å². The summed E-state index contributed by atoms with van der Waals surface area (Å²) in [7, 11) is 0. The molecule has 0 aliphatic carbocycles. The molecule has 18 heavy (non-hydrogen) atoms. The number of esters is 1. The summed E-state index contributed by atoms with van der Waals surface area (Å²) in [6, 6.07) is 0. The SMILES string of the molecule is NCCC1CCN(CC2CC(F)(F)C(=O)O2)CC1. The van der Waals surface area contributed by atoms with E-state index in [9.17, 15) is 13.6 Å². The van der Waals surface area contributed by atoms with Gasteiger partial charge in [-0.05, 0) is 44.8 Å². The molecule has 0 bridgehead atoms. The molecular formula is C12H20F2N2O2. The van der Waals surface area contributed by atoms with Crippen LogP contribution in [0.15, 0.2) is 0 Å². The van der Waals surface area contributed by atoms with Gasteiger partial charge >= 0.3 is 11.9 Å². The Hall–Kier alpha value is -0.750. The van der Waals surface area contributed by atoms with Gasteiger partial charge < -0.3 is 10.5 Å². The van der Waals surface area contributed by atoms with Gasteiger partial charge in [-0.3, -0.25) is 4.90 Å². The van der Waals surface area contributed by atoms with Crippen LogP contribution in [0.5, 0.6) is 0 Å². The lowest BCUT2D eigenvalue weighted by Gasteiger charge is -2.32. The van der Waals surface area contributed by atoms with Gasteiger partial charge in [0.25, 0.3) is 0 Å². The van der Waals surface area contributed by atoms with Gasteiger partial charge in [0.05, 0.1) is 6.42 Å². The molecule has 0 aromatic rings. The number of carbonyl (C=O) groups excluding carboxylic acids is 1. The third-order valence-corrected chi connectivity index (χ3v) is 3.80. The maximum atomic E-state index is 13.0. The quantitative estimate of drug-likeness (QED) is 0.768. The van der Waals surface area contributed by atoms with Crippen molar-refractivity contribution < 1.29 is 18.3 Å². The van der Waals surface area contributed by atoms with Crippen LogP contribution in [0.2, 0.25) is 0 Å². The Bertz CT molecular complexity index is 304. The van der Waals surface area contributed by atoms with E-state index < -0.39 is 24.4 Å². The van der Waals surface area contributed by atoms with Crippen LogP contribution in [0.4, 0.5) is 8.78 Å². The van der Waals surface area contributed by atoms with Gasteiger partial charge in [0.2, 0.25) is 0 Å². The zero-order valence-corrected chi connectivity index (χ0v) is 10.4. The molecule has 2 N–H and O–H groups in total. The number of hydrogen-bond acceptors (Lipinski definition) is 4. The first-order valence-corrected chi connectivity index (χ1v) is 6.52. The highest BCUT2D eigenvalue weighted by molar-refractivity contribution is 5.79. The van der Waals surface area contributed by atoms with E-state index in [2.05, 4.69) is 4.90 Å². The summed E-state index contributed by atoms with van der Waals surface area (Å²) in [6.07, 6.45) is 2.00. The Morgan fingerprint density at radius 2 is 2.06 bits per heavy atom. The van der Waals surface area contributed by atoms with Crippen molar-refractivity contribution in [1.29, 1.82) is 0 Å². The van der Waals surface area contributed by atoms with Crippen LogP contribution in [0.3, 0.4) is 0 Å².